The first-order chi connectivity index (χ1) is 9.66. The molecule has 0 radical (unpaired) electrons. The number of rotatable bonds is 5. The normalized spacial score (nSPS) is 27.7. The number of nitrogens with one attached hydrogen (secondary N) is 2. The predicted molar refractivity (Wildman–Crippen MR) is 80.3 cm³/mol. The maximum absolute atomic E-state index is 11.6. The van der Waals surface area contributed by atoms with Gasteiger partial charge < -0.3 is 20.5 Å². The number of alkyl carbamates (subject to hydrolysis) is 1. The quantitative estimate of drug-likeness (QED) is 0.728. The van der Waals surface area contributed by atoms with Crippen LogP contribution in [0.3, 0.4) is 0 Å². The molecule has 1 aliphatic carbocycles. The van der Waals surface area contributed by atoms with Gasteiger partial charge in [0.2, 0.25) is 0 Å². The third-order valence-corrected chi connectivity index (χ3v) is 3.87. The molecular weight excluding hydrogens is 272 g/mol. The van der Waals surface area contributed by atoms with Crippen molar-refractivity contribution >= 4 is 12.2 Å². The lowest BCUT2D eigenvalue weighted by atomic mass is 9.62. The molecule has 0 bridgehead atoms. The fraction of sp³-hybridized carbons (Fsp3) is 0.867. The maximum atomic E-state index is 11.6. The van der Waals surface area contributed by atoms with Crippen molar-refractivity contribution in [1.29, 1.82) is 0 Å². The van der Waals surface area contributed by atoms with Crippen LogP contribution >= 0.6 is 0 Å². The zero-order valence-corrected chi connectivity index (χ0v) is 13.5. The van der Waals surface area contributed by atoms with Crippen LogP contribution in [0.4, 0.5) is 9.59 Å². The molecule has 1 aliphatic rings. The molecule has 21 heavy (non-hydrogen) atoms. The number of hydrogen-bond donors (Lipinski definition) is 3. The van der Waals surface area contributed by atoms with E-state index in [4.69, 9.17) is 9.84 Å². The van der Waals surface area contributed by atoms with E-state index in [0.717, 1.165) is 25.7 Å². The van der Waals surface area contributed by atoms with Crippen LogP contribution in [0.2, 0.25) is 0 Å². The van der Waals surface area contributed by atoms with E-state index in [2.05, 4.69) is 31.4 Å². The van der Waals surface area contributed by atoms with Crippen LogP contribution in [0.15, 0.2) is 0 Å². The van der Waals surface area contributed by atoms with Crippen LogP contribution in [-0.2, 0) is 4.74 Å². The van der Waals surface area contributed by atoms with Crippen LogP contribution in [-0.4, -0.2) is 36.5 Å². The van der Waals surface area contributed by atoms with E-state index in [1.807, 2.05) is 6.92 Å². The Balaban J connectivity index is 2.60. The first kappa shape index (κ1) is 17.6. The summed E-state index contributed by atoms with van der Waals surface area (Å²) < 4.78 is 5.01. The lowest BCUT2D eigenvalue weighted by Gasteiger charge is -2.46. The molecule has 0 aromatic heterocycles. The van der Waals surface area contributed by atoms with Gasteiger partial charge in [-0.15, -0.1) is 0 Å². The standard InChI is InChI=1S/C15H28N2O4/c1-5-6-21-13(20)16-10-15(4)8-11(17-12(18)19)7-14(2,3)9-15/h11,17H,5-10H2,1-4H3,(H,16,20)(H,18,19). The second-order valence-corrected chi connectivity index (χ2v) is 7.20. The second-order valence-electron chi connectivity index (χ2n) is 7.20. The van der Waals surface area contributed by atoms with Gasteiger partial charge in [0, 0.05) is 12.6 Å². The highest BCUT2D eigenvalue weighted by molar-refractivity contribution is 5.67. The van der Waals surface area contributed by atoms with Gasteiger partial charge in [-0.1, -0.05) is 27.7 Å². The van der Waals surface area contributed by atoms with Crippen molar-refractivity contribution in [2.45, 2.75) is 59.4 Å². The van der Waals surface area contributed by atoms with E-state index >= 15 is 0 Å². The summed E-state index contributed by atoms with van der Waals surface area (Å²) in [5, 5.41) is 14.3. The van der Waals surface area contributed by atoms with Gasteiger partial charge in [-0.25, -0.2) is 9.59 Å². The van der Waals surface area contributed by atoms with E-state index in [0.29, 0.717) is 13.2 Å². The molecule has 0 aliphatic heterocycles. The van der Waals surface area contributed by atoms with Gasteiger partial charge in [0.05, 0.1) is 6.61 Å². The molecule has 6 heteroatoms. The van der Waals surface area contributed by atoms with Crippen molar-refractivity contribution in [3.8, 4) is 0 Å². The molecule has 1 saturated carbocycles. The van der Waals surface area contributed by atoms with Crippen molar-refractivity contribution in [2.75, 3.05) is 13.2 Å². The van der Waals surface area contributed by atoms with Crippen LogP contribution in [0, 0.1) is 10.8 Å². The summed E-state index contributed by atoms with van der Waals surface area (Å²) in [7, 11) is 0. The average Bonchev–Trinajstić information content (AvgIpc) is 2.30. The van der Waals surface area contributed by atoms with Gasteiger partial charge in [-0.3, -0.25) is 0 Å². The SMILES string of the molecule is CCCOC(=O)NCC1(C)CC(NC(=O)O)CC(C)(C)C1. The van der Waals surface area contributed by atoms with Crippen molar-refractivity contribution in [3.05, 3.63) is 0 Å². The first-order valence-electron chi connectivity index (χ1n) is 7.56. The number of carbonyl (C=O) groups is 2. The van der Waals surface area contributed by atoms with Gasteiger partial charge in [-0.2, -0.15) is 0 Å². The molecule has 0 heterocycles. The van der Waals surface area contributed by atoms with Gasteiger partial charge in [-0.05, 0) is 36.5 Å². The first-order valence-corrected chi connectivity index (χ1v) is 7.56. The Morgan fingerprint density at radius 1 is 1.29 bits per heavy atom. The minimum atomic E-state index is -0.990. The molecule has 0 spiro atoms. The zero-order chi connectivity index (χ0) is 16.1. The lowest BCUT2D eigenvalue weighted by Crippen LogP contribution is -2.50. The van der Waals surface area contributed by atoms with Crippen LogP contribution in [0.1, 0.15) is 53.4 Å². The van der Waals surface area contributed by atoms with Crippen molar-refractivity contribution < 1.29 is 19.4 Å². The summed E-state index contributed by atoms with van der Waals surface area (Å²) in [4.78, 5) is 22.4. The third kappa shape index (κ3) is 6.23. The van der Waals surface area contributed by atoms with E-state index in [1.165, 1.54) is 0 Å². The Bertz CT molecular complexity index is 384. The van der Waals surface area contributed by atoms with E-state index in [1.54, 1.807) is 0 Å². The predicted octanol–water partition coefficient (Wildman–Crippen LogP) is 2.98. The summed E-state index contributed by atoms with van der Waals surface area (Å²) in [5.74, 6) is 0. The van der Waals surface area contributed by atoms with Crippen molar-refractivity contribution in [1.82, 2.24) is 10.6 Å². The summed E-state index contributed by atoms with van der Waals surface area (Å²) in [6.07, 6.45) is 1.87. The number of carboxylic acid groups (broad SMARTS) is 1. The summed E-state index contributed by atoms with van der Waals surface area (Å²) in [6, 6.07) is -0.0790. The Hall–Kier alpha value is -1.46. The van der Waals surface area contributed by atoms with Crippen molar-refractivity contribution in [3.63, 3.8) is 0 Å². The largest absolute Gasteiger partial charge is 0.465 e. The molecule has 3 N–H and O–H groups in total. The second kappa shape index (κ2) is 7.00. The Morgan fingerprint density at radius 2 is 1.95 bits per heavy atom. The Kier molecular flexibility index (Phi) is 5.87. The molecule has 0 aromatic carbocycles. The van der Waals surface area contributed by atoms with Crippen molar-refractivity contribution in [2.24, 2.45) is 10.8 Å². The maximum Gasteiger partial charge on any atom is 0.407 e. The van der Waals surface area contributed by atoms with Crippen LogP contribution < -0.4 is 10.6 Å². The lowest BCUT2D eigenvalue weighted by molar-refractivity contribution is 0.0664. The number of amides is 2. The van der Waals surface area contributed by atoms with Crippen LogP contribution in [0.5, 0.6) is 0 Å². The molecule has 0 saturated heterocycles. The molecule has 2 amide bonds. The molecule has 2 unspecified atom stereocenters. The molecule has 2 atom stereocenters. The third-order valence-electron chi connectivity index (χ3n) is 3.87. The van der Waals surface area contributed by atoms with Gasteiger partial charge in [0.15, 0.2) is 0 Å². The Morgan fingerprint density at radius 3 is 2.52 bits per heavy atom. The van der Waals surface area contributed by atoms with E-state index < -0.39 is 12.2 Å². The molecule has 6 nitrogen and oxygen atoms in total. The minimum absolute atomic E-state index is 0.0368. The highest BCUT2D eigenvalue weighted by Gasteiger charge is 2.41. The smallest absolute Gasteiger partial charge is 0.407 e. The van der Waals surface area contributed by atoms with Gasteiger partial charge >= 0.3 is 12.2 Å². The number of carbonyl (C=O) groups excluding carboxylic acids is 1. The fourth-order valence-electron chi connectivity index (χ4n) is 3.58. The van der Waals surface area contributed by atoms with E-state index in [9.17, 15) is 9.59 Å². The summed E-state index contributed by atoms with van der Waals surface area (Å²) in [6.45, 7) is 9.21. The molecule has 0 aromatic rings. The van der Waals surface area contributed by atoms with Crippen LogP contribution in [0.25, 0.3) is 0 Å². The van der Waals surface area contributed by atoms with E-state index in [-0.39, 0.29) is 16.9 Å². The molecule has 1 fully saturated rings. The fourth-order valence-corrected chi connectivity index (χ4v) is 3.58. The summed E-state index contributed by atoms with van der Waals surface area (Å²) in [5.41, 5.74) is -0.102. The topological polar surface area (TPSA) is 87.7 Å². The minimum Gasteiger partial charge on any atom is -0.465 e. The number of ether oxygens (including phenoxy) is 1. The monoisotopic (exact) mass is 300 g/mol. The summed E-state index contributed by atoms with van der Waals surface area (Å²) >= 11 is 0. The van der Waals surface area contributed by atoms with Gasteiger partial charge in [0.25, 0.3) is 0 Å². The Labute approximate surface area is 126 Å². The highest BCUT2D eigenvalue weighted by Crippen LogP contribution is 2.45. The molecular formula is C15H28N2O4. The van der Waals surface area contributed by atoms with Gasteiger partial charge in [0.1, 0.15) is 0 Å². The average molecular weight is 300 g/mol. The molecule has 1 rings (SSSR count). The zero-order valence-electron chi connectivity index (χ0n) is 13.5. The highest BCUT2D eigenvalue weighted by atomic mass is 16.5. The molecule has 122 valence electrons. The number of hydrogen-bond acceptors (Lipinski definition) is 3.